The quantitative estimate of drug-likeness (QED) is 0.636. The molecule has 0 spiro atoms. The zero-order valence-corrected chi connectivity index (χ0v) is 16.4. The Balaban J connectivity index is 0.000000456. The maximum absolute atomic E-state index is 4.01. The number of allylic oxidation sites excluding steroid dienone is 1. The summed E-state index contributed by atoms with van der Waals surface area (Å²) in [6.07, 6.45) is 10.8. The van der Waals surface area contributed by atoms with Gasteiger partial charge >= 0.3 is 0 Å². The molecule has 0 aromatic carbocycles. The monoisotopic (exact) mass is 329 g/mol. The molecule has 3 nitrogen and oxygen atoms in total. The van der Waals surface area contributed by atoms with Crippen molar-refractivity contribution in [2.75, 3.05) is 0 Å². The first-order chi connectivity index (χ1) is 11.6. The third-order valence-corrected chi connectivity index (χ3v) is 3.63. The van der Waals surface area contributed by atoms with Crippen molar-refractivity contribution in [3.63, 3.8) is 0 Å². The molecule has 0 bridgehead atoms. The number of pyridine rings is 1. The van der Waals surface area contributed by atoms with Crippen molar-refractivity contribution in [1.82, 2.24) is 15.2 Å². The van der Waals surface area contributed by atoms with Crippen LogP contribution in [0, 0.1) is 5.92 Å². The van der Waals surface area contributed by atoms with Gasteiger partial charge in [0.15, 0.2) is 0 Å². The molecule has 0 saturated heterocycles. The molecule has 0 amide bonds. The number of nitrogens with zero attached hydrogens (tertiary/aromatic N) is 2. The molecule has 3 heteroatoms. The summed E-state index contributed by atoms with van der Waals surface area (Å²) in [5.74, 6) is 0.963. The number of hydrogen-bond donors (Lipinski definition) is 1. The van der Waals surface area contributed by atoms with Crippen molar-refractivity contribution >= 4 is 5.57 Å². The summed E-state index contributed by atoms with van der Waals surface area (Å²) in [6.45, 7) is 16.7. The van der Waals surface area contributed by atoms with E-state index in [0.29, 0.717) is 0 Å². The Morgan fingerprint density at radius 2 is 1.67 bits per heavy atom. The lowest BCUT2D eigenvalue weighted by Gasteiger charge is -2.05. The first-order valence-corrected chi connectivity index (χ1v) is 9.19. The fraction of sp³-hybridized carbons (Fsp3) is 0.524. The maximum Gasteiger partial charge on any atom is 0.0726 e. The van der Waals surface area contributed by atoms with Crippen LogP contribution in [0.25, 0.3) is 16.8 Å². The number of nitrogens with one attached hydrogen (secondary N) is 1. The Morgan fingerprint density at radius 1 is 1.12 bits per heavy atom. The molecule has 0 radical (unpaired) electrons. The molecule has 2 rings (SSSR count). The number of aromatic amines is 1. The lowest BCUT2D eigenvalue weighted by molar-refractivity contribution is 0.480. The topological polar surface area (TPSA) is 41.6 Å². The molecule has 2 aromatic rings. The van der Waals surface area contributed by atoms with E-state index in [1.165, 1.54) is 25.7 Å². The summed E-state index contributed by atoms with van der Waals surface area (Å²) in [7, 11) is 0. The summed E-state index contributed by atoms with van der Waals surface area (Å²) in [6, 6.07) is 3.89. The van der Waals surface area contributed by atoms with E-state index in [0.717, 1.165) is 28.3 Å². The van der Waals surface area contributed by atoms with Gasteiger partial charge in [-0.25, -0.2) is 0 Å². The van der Waals surface area contributed by atoms with Crippen LogP contribution in [0.1, 0.15) is 72.8 Å². The average molecular weight is 330 g/mol. The first-order valence-electron chi connectivity index (χ1n) is 9.19. The molecule has 1 N–H and O–H groups in total. The number of hydrogen-bond acceptors (Lipinski definition) is 2. The van der Waals surface area contributed by atoms with Crippen LogP contribution >= 0.6 is 0 Å². The van der Waals surface area contributed by atoms with Crippen LogP contribution in [0.5, 0.6) is 0 Å². The van der Waals surface area contributed by atoms with Crippen LogP contribution in [0.3, 0.4) is 0 Å². The first kappa shape index (κ1) is 22.1. The van der Waals surface area contributed by atoms with Gasteiger partial charge in [-0.2, -0.15) is 5.10 Å². The van der Waals surface area contributed by atoms with Crippen LogP contribution in [-0.2, 0) is 0 Å². The van der Waals surface area contributed by atoms with Gasteiger partial charge in [0.25, 0.3) is 0 Å². The van der Waals surface area contributed by atoms with Crippen LogP contribution in [0.2, 0.25) is 0 Å². The summed E-state index contributed by atoms with van der Waals surface area (Å²) in [5, 5.41) is 6.98. The number of H-pyrrole nitrogens is 1. The molecule has 0 unspecified atom stereocenters. The Hall–Kier alpha value is -1.90. The third-order valence-electron chi connectivity index (χ3n) is 3.63. The summed E-state index contributed by atoms with van der Waals surface area (Å²) in [5.41, 5.74) is 4.14. The predicted molar refractivity (Wildman–Crippen MR) is 107 cm³/mol. The van der Waals surface area contributed by atoms with Crippen molar-refractivity contribution in [3.8, 4) is 11.3 Å². The van der Waals surface area contributed by atoms with Crippen LogP contribution < -0.4 is 0 Å². The van der Waals surface area contributed by atoms with Crippen LogP contribution in [-0.4, -0.2) is 15.2 Å². The van der Waals surface area contributed by atoms with E-state index < -0.39 is 0 Å². The zero-order chi connectivity index (χ0) is 18.4. The van der Waals surface area contributed by atoms with Gasteiger partial charge in [-0.15, -0.1) is 0 Å². The van der Waals surface area contributed by atoms with Crippen LogP contribution in [0.4, 0.5) is 0 Å². The highest BCUT2D eigenvalue weighted by Crippen LogP contribution is 2.24. The second kappa shape index (κ2) is 13.5. The minimum Gasteiger partial charge on any atom is -0.277 e. The molecule has 0 atom stereocenters. The SMILES string of the molecule is C=C(C)c1cn[nH]c1-c1ccncc1.CC.CCCC(C)CCC. The highest BCUT2D eigenvalue weighted by molar-refractivity contribution is 5.76. The van der Waals surface area contributed by atoms with Gasteiger partial charge in [0.1, 0.15) is 0 Å². The second-order valence-corrected chi connectivity index (χ2v) is 5.86. The highest BCUT2D eigenvalue weighted by Gasteiger charge is 2.06. The van der Waals surface area contributed by atoms with E-state index in [4.69, 9.17) is 0 Å². The molecule has 24 heavy (non-hydrogen) atoms. The Kier molecular flexibility index (Phi) is 12.5. The molecule has 2 aromatic heterocycles. The average Bonchev–Trinajstić information content (AvgIpc) is 3.09. The van der Waals surface area contributed by atoms with E-state index in [9.17, 15) is 0 Å². The number of rotatable bonds is 6. The molecule has 0 aliphatic carbocycles. The molecule has 2 heterocycles. The highest BCUT2D eigenvalue weighted by atomic mass is 15.1. The number of aromatic nitrogens is 3. The van der Waals surface area contributed by atoms with E-state index in [-0.39, 0.29) is 0 Å². The fourth-order valence-electron chi connectivity index (χ4n) is 2.48. The van der Waals surface area contributed by atoms with Gasteiger partial charge in [-0.3, -0.25) is 10.1 Å². The minimum absolute atomic E-state index is 0.963. The van der Waals surface area contributed by atoms with Crippen molar-refractivity contribution in [1.29, 1.82) is 0 Å². The van der Waals surface area contributed by atoms with E-state index >= 15 is 0 Å². The molecule has 0 saturated carbocycles. The molecule has 0 aliphatic rings. The normalized spacial score (nSPS) is 9.62. The summed E-state index contributed by atoms with van der Waals surface area (Å²) >= 11 is 0. The fourth-order valence-corrected chi connectivity index (χ4v) is 2.48. The minimum atomic E-state index is 0.963. The van der Waals surface area contributed by atoms with Crippen LogP contribution in [0.15, 0.2) is 37.3 Å². The molecule has 134 valence electrons. The van der Waals surface area contributed by atoms with Gasteiger partial charge in [0.2, 0.25) is 0 Å². The van der Waals surface area contributed by atoms with E-state index in [2.05, 4.69) is 42.5 Å². The Bertz CT molecular complexity index is 537. The van der Waals surface area contributed by atoms with Crippen molar-refractivity contribution in [2.24, 2.45) is 5.92 Å². The van der Waals surface area contributed by atoms with Gasteiger partial charge in [0, 0.05) is 23.5 Å². The lowest BCUT2D eigenvalue weighted by atomic mass is 10.0. The smallest absolute Gasteiger partial charge is 0.0726 e. The Morgan fingerprint density at radius 3 is 2.12 bits per heavy atom. The van der Waals surface area contributed by atoms with Crippen molar-refractivity contribution in [2.45, 2.75) is 67.2 Å². The molecular weight excluding hydrogens is 294 g/mol. The molecule has 0 aliphatic heterocycles. The van der Waals surface area contributed by atoms with Gasteiger partial charge in [-0.1, -0.05) is 66.9 Å². The Labute approximate surface area is 148 Å². The lowest BCUT2D eigenvalue weighted by Crippen LogP contribution is -1.91. The van der Waals surface area contributed by atoms with Gasteiger partial charge in [-0.05, 0) is 30.5 Å². The molecular formula is C21H35N3. The molecule has 0 fully saturated rings. The van der Waals surface area contributed by atoms with Gasteiger partial charge in [0.05, 0.1) is 11.9 Å². The van der Waals surface area contributed by atoms with Crippen molar-refractivity contribution < 1.29 is 0 Å². The second-order valence-electron chi connectivity index (χ2n) is 5.86. The maximum atomic E-state index is 4.01. The van der Waals surface area contributed by atoms with E-state index in [1.807, 2.05) is 32.9 Å². The summed E-state index contributed by atoms with van der Waals surface area (Å²) in [4.78, 5) is 3.97. The largest absolute Gasteiger partial charge is 0.277 e. The van der Waals surface area contributed by atoms with E-state index in [1.54, 1.807) is 18.6 Å². The third kappa shape index (κ3) is 8.09. The standard InChI is InChI=1S/C11H11N3.C8H18.C2H6/c1-8(2)10-7-13-14-11(10)9-3-5-12-6-4-9;1-4-6-8(3)7-5-2;1-2/h3-7H,1H2,2H3,(H,13,14);8H,4-7H2,1-3H3;1-2H3. The van der Waals surface area contributed by atoms with Gasteiger partial charge < -0.3 is 0 Å². The predicted octanol–water partition coefficient (Wildman–Crippen LogP) is 6.75. The van der Waals surface area contributed by atoms with Crippen molar-refractivity contribution in [3.05, 3.63) is 42.9 Å². The zero-order valence-electron chi connectivity index (χ0n) is 16.4. The summed E-state index contributed by atoms with van der Waals surface area (Å²) < 4.78 is 0.